The summed E-state index contributed by atoms with van der Waals surface area (Å²) in [5.74, 6) is -0.645. The molecule has 0 aliphatic heterocycles. The quantitative estimate of drug-likeness (QED) is 0.819. The van der Waals surface area contributed by atoms with Gasteiger partial charge in [0.05, 0.1) is 24.0 Å². The largest absolute Gasteiger partial charge is 0.506 e. The molecular formula is C10H8ClN3O3. The van der Waals surface area contributed by atoms with E-state index in [1.165, 1.54) is 30.1 Å². The number of methoxy groups -OCH3 is 1. The van der Waals surface area contributed by atoms with E-state index in [0.717, 1.165) is 0 Å². The Bertz CT molecular complexity index is 568. The molecule has 2 rings (SSSR count). The second-order valence-electron chi connectivity index (χ2n) is 3.18. The Kier molecular flexibility index (Phi) is 2.97. The van der Waals surface area contributed by atoms with Gasteiger partial charge in [-0.1, -0.05) is 16.8 Å². The van der Waals surface area contributed by atoms with Crippen molar-refractivity contribution in [2.45, 2.75) is 0 Å². The van der Waals surface area contributed by atoms with Crippen molar-refractivity contribution in [3.05, 3.63) is 35.1 Å². The van der Waals surface area contributed by atoms with Crippen molar-refractivity contribution in [2.24, 2.45) is 0 Å². The monoisotopic (exact) mass is 253 g/mol. The Morgan fingerprint density at radius 3 is 2.94 bits per heavy atom. The van der Waals surface area contributed by atoms with E-state index in [0.29, 0.717) is 5.69 Å². The Labute approximate surface area is 101 Å². The van der Waals surface area contributed by atoms with Gasteiger partial charge < -0.3 is 9.84 Å². The zero-order valence-electron chi connectivity index (χ0n) is 8.79. The summed E-state index contributed by atoms with van der Waals surface area (Å²) in [6, 6.07) is 4.57. The smallest absolute Gasteiger partial charge is 0.360 e. The van der Waals surface area contributed by atoms with Crippen molar-refractivity contribution in [1.82, 2.24) is 15.0 Å². The van der Waals surface area contributed by atoms with E-state index in [9.17, 15) is 9.90 Å². The normalized spacial score (nSPS) is 10.2. The molecule has 1 aromatic heterocycles. The van der Waals surface area contributed by atoms with Crippen molar-refractivity contribution < 1.29 is 14.6 Å². The molecule has 17 heavy (non-hydrogen) atoms. The molecule has 0 saturated heterocycles. The minimum absolute atomic E-state index is 0.0701. The number of aromatic hydroxyl groups is 1. The first-order chi connectivity index (χ1) is 8.11. The molecule has 0 unspecified atom stereocenters. The van der Waals surface area contributed by atoms with Crippen LogP contribution in [0.25, 0.3) is 5.69 Å². The molecule has 0 aliphatic carbocycles. The van der Waals surface area contributed by atoms with Crippen LogP contribution in [0.3, 0.4) is 0 Å². The van der Waals surface area contributed by atoms with Crippen molar-refractivity contribution in [3.8, 4) is 11.4 Å². The average molecular weight is 254 g/mol. The lowest BCUT2D eigenvalue weighted by molar-refractivity contribution is 0.0594. The summed E-state index contributed by atoms with van der Waals surface area (Å²) in [6.45, 7) is 0. The van der Waals surface area contributed by atoms with Crippen LogP contribution in [-0.2, 0) is 4.74 Å². The fourth-order valence-corrected chi connectivity index (χ4v) is 1.35. The highest BCUT2D eigenvalue weighted by molar-refractivity contribution is 6.32. The van der Waals surface area contributed by atoms with E-state index < -0.39 is 5.97 Å². The van der Waals surface area contributed by atoms with E-state index in [2.05, 4.69) is 15.0 Å². The van der Waals surface area contributed by atoms with Gasteiger partial charge in [0.1, 0.15) is 5.75 Å². The van der Waals surface area contributed by atoms with Gasteiger partial charge in [-0.3, -0.25) is 0 Å². The van der Waals surface area contributed by atoms with Gasteiger partial charge >= 0.3 is 5.97 Å². The van der Waals surface area contributed by atoms with Gasteiger partial charge in [0.2, 0.25) is 0 Å². The number of benzene rings is 1. The van der Waals surface area contributed by atoms with Gasteiger partial charge in [-0.25, -0.2) is 9.48 Å². The molecule has 88 valence electrons. The highest BCUT2D eigenvalue weighted by Crippen LogP contribution is 2.25. The van der Waals surface area contributed by atoms with Gasteiger partial charge in [0, 0.05) is 6.07 Å². The van der Waals surface area contributed by atoms with Crippen LogP contribution in [0.15, 0.2) is 24.4 Å². The molecule has 0 aliphatic rings. The zero-order chi connectivity index (χ0) is 12.4. The Balaban J connectivity index is 2.37. The summed E-state index contributed by atoms with van der Waals surface area (Å²) in [4.78, 5) is 11.2. The van der Waals surface area contributed by atoms with Crippen LogP contribution in [0, 0.1) is 0 Å². The summed E-state index contributed by atoms with van der Waals surface area (Å²) in [5.41, 5.74) is 0.622. The minimum Gasteiger partial charge on any atom is -0.506 e. The number of hydrogen-bond acceptors (Lipinski definition) is 5. The van der Waals surface area contributed by atoms with Crippen LogP contribution < -0.4 is 0 Å². The lowest BCUT2D eigenvalue weighted by atomic mass is 10.3. The number of esters is 1. The first-order valence-electron chi connectivity index (χ1n) is 4.61. The number of carbonyl (C=O) groups is 1. The summed E-state index contributed by atoms with van der Waals surface area (Å²) in [7, 11) is 1.26. The minimum atomic E-state index is -0.575. The summed E-state index contributed by atoms with van der Waals surface area (Å²) < 4.78 is 5.84. The van der Waals surface area contributed by atoms with Gasteiger partial charge in [0.15, 0.2) is 5.69 Å². The maximum atomic E-state index is 11.2. The first-order valence-corrected chi connectivity index (χ1v) is 4.99. The molecule has 7 heteroatoms. The van der Waals surface area contributed by atoms with Crippen LogP contribution in [0.1, 0.15) is 10.5 Å². The number of halogens is 1. The number of nitrogens with zero attached hydrogens (tertiary/aromatic N) is 3. The highest BCUT2D eigenvalue weighted by Gasteiger charge is 2.11. The van der Waals surface area contributed by atoms with Crippen LogP contribution in [0.4, 0.5) is 0 Å². The molecule has 0 atom stereocenters. The Morgan fingerprint density at radius 2 is 2.29 bits per heavy atom. The summed E-state index contributed by atoms with van der Waals surface area (Å²) >= 11 is 5.68. The molecule has 1 heterocycles. The molecule has 0 radical (unpaired) electrons. The van der Waals surface area contributed by atoms with Crippen LogP contribution in [0.5, 0.6) is 5.75 Å². The van der Waals surface area contributed by atoms with Crippen LogP contribution in [0.2, 0.25) is 5.02 Å². The fraction of sp³-hybridized carbons (Fsp3) is 0.100. The molecule has 6 nitrogen and oxygen atoms in total. The second kappa shape index (κ2) is 4.42. The summed E-state index contributed by atoms with van der Waals surface area (Å²) in [5, 5.41) is 17.1. The molecule has 0 fully saturated rings. The number of phenolic OH excluding ortho intramolecular Hbond substituents is 1. The van der Waals surface area contributed by atoms with Gasteiger partial charge in [-0.05, 0) is 12.1 Å². The third-order valence-electron chi connectivity index (χ3n) is 2.08. The van der Waals surface area contributed by atoms with E-state index in [4.69, 9.17) is 11.6 Å². The second-order valence-corrected chi connectivity index (χ2v) is 3.58. The standard InChI is InChI=1S/C10H8ClN3O3/c1-17-10(16)8-5-14(13-12-8)6-2-3-7(11)9(15)4-6/h2-5,15H,1H3. The Hall–Kier alpha value is -2.08. The predicted octanol–water partition coefficient (Wildman–Crippen LogP) is 1.41. The van der Waals surface area contributed by atoms with Crippen molar-refractivity contribution >= 4 is 17.6 Å². The molecule has 0 bridgehead atoms. The average Bonchev–Trinajstić information content (AvgIpc) is 2.81. The lowest BCUT2D eigenvalue weighted by Gasteiger charge is -2.01. The van der Waals surface area contributed by atoms with Gasteiger partial charge in [-0.2, -0.15) is 0 Å². The fourth-order valence-electron chi connectivity index (χ4n) is 1.23. The molecule has 2 aromatic rings. The first kappa shape index (κ1) is 11.4. The van der Waals surface area contributed by atoms with Gasteiger partial charge in [-0.15, -0.1) is 5.10 Å². The molecule has 0 spiro atoms. The topological polar surface area (TPSA) is 77.2 Å². The van der Waals surface area contributed by atoms with Crippen molar-refractivity contribution in [3.63, 3.8) is 0 Å². The SMILES string of the molecule is COC(=O)c1cn(-c2ccc(Cl)c(O)c2)nn1. The lowest BCUT2D eigenvalue weighted by Crippen LogP contribution is -2.01. The van der Waals surface area contributed by atoms with E-state index in [1.807, 2.05) is 0 Å². The van der Waals surface area contributed by atoms with E-state index >= 15 is 0 Å². The molecule has 1 aromatic carbocycles. The predicted molar refractivity (Wildman–Crippen MR) is 59.4 cm³/mol. The van der Waals surface area contributed by atoms with E-state index in [1.54, 1.807) is 6.07 Å². The highest BCUT2D eigenvalue weighted by atomic mass is 35.5. The maximum absolute atomic E-state index is 11.2. The molecular weight excluding hydrogens is 246 g/mol. The van der Waals surface area contributed by atoms with Crippen molar-refractivity contribution in [2.75, 3.05) is 7.11 Å². The third kappa shape index (κ3) is 2.21. The van der Waals surface area contributed by atoms with Crippen LogP contribution >= 0.6 is 11.6 Å². The zero-order valence-corrected chi connectivity index (χ0v) is 9.55. The maximum Gasteiger partial charge on any atom is 0.360 e. The number of rotatable bonds is 2. The summed E-state index contributed by atoms with van der Waals surface area (Å²) in [6.07, 6.45) is 1.40. The number of hydrogen-bond donors (Lipinski definition) is 1. The molecule has 1 N–H and O–H groups in total. The number of aromatic nitrogens is 3. The number of ether oxygens (including phenoxy) is 1. The van der Waals surface area contributed by atoms with E-state index in [-0.39, 0.29) is 16.5 Å². The Morgan fingerprint density at radius 1 is 1.53 bits per heavy atom. The van der Waals surface area contributed by atoms with Crippen LogP contribution in [-0.4, -0.2) is 33.2 Å². The number of phenols is 1. The third-order valence-corrected chi connectivity index (χ3v) is 2.40. The molecule has 0 amide bonds. The van der Waals surface area contributed by atoms with Gasteiger partial charge in [0.25, 0.3) is 0 Å². The van der Waals surface area contributed by atoms with Crippen molar-refractivity contribution in [1.29, 1.82) is 0 Å². The number of carbonyl (C=O) groups excluding carboxylic acids is 1. The molecule has 0 saturated carbocycles.